The first-order valence-electron chi connectivity index (χ1n) is 9.83. The number of hydrogen-bond acceptors (Lipinski definition) is 9. The minimum Gasteiger partial charge on any atom is -0.447 e. The van der Waals surface area contributed by atoms with Crippen molar-refractivity contribution in [2.24, 2.45) is 5.92 Å². The van der Waals surface area contributed by atoms with Crippen LogP contribution in [0, 0.1) is 19.8 Å². The molecule has 30 heavy (non-hydrogen) atoms. The van der Waals surface area contributed by atoms with Gasteiger partial charge in [0.25, 0.3) is 0 Å². The van der Waals surface area contributed by atoms with Gasteiger partial charge in [0.2, 0.25) is 5.88 Å². The normalized spacial score (nSPS) is 19.1. The summed E-state index contributed by atoms with van der Waals surface area (Å²) >= 11 is 1.37. The van der Waals surface area contributed by atoms with Gasteiger partial charge in [-0.05, 0) is 50.8 Å². The van der Waals surface area contributed by atoms with E-state index in [1.807, 2.05) is 20.0 Å². The second-order valence-corrected chi connectivity index (χ2v) is 8.51. The van der Waals surface area contributed by atoms with Gasteiger partial charge < -0.3 is 15.2 Å². The first kappa shape index (κ1) is 20.4. The number of nitrogens with zero attached hydrogens (tertiary/aromatic N) is 5. The molecule has 3 aromatic heterocycles. The lowest BCUT2D eigenvalue weighted by Gasteiger charge is -2.06. The SMILES string of the molecule is Cc1ccc(C2CC2C=COc2cc(NCc3nnc(C(C)O)s3)nc(C)n2)nc1. The smallest absolute Gasteiger partial charge is 0.223 e. The average Bonchev–Trinajstić information content (AvgIpc) is 3.31. The van der Waals surface area contributed by atoms with E-state index in [2.05, 4.69) is 48.7 Å². The Hall–Kier alpha value is -2.91. The number of anilines is 1. The van der Waals surface area contributed by atoms with Crippen molar-refractivity contribution in [2.45, 2.75) is 45.8 Å². The minimum absolute atomic E-state index is 0.446. The van der Waals surface area contributed by atoms with E-state index in [4.69, 9.17) is 4.74 Å². The minimum atomic E-state index is -0.614. The second-order valence-electron chi connectivity index (χ2n) is 7.42. The molecule has 1 fully saturated rings. The maximum absolute atomic E-state index is 9.55. The summed E-state index contributed by atoms with van der Waals surface area (Å²) in [4.78, 5) is 13.2. The molecule has 0 spiro atoms. The number of nitrogens with one attached hydrogen (secondary N) is 1. The Morgan fingerprint density at radius 1 is 1.30 bits per heavy atom. The monoisotopic (exact) mass is 424 g/mol. The van der Waals surface area contributed by atoms with Gasteiger partial charge in [0.1, 0.15) is 27.8 Å². The predicted octanol–water partition coefficient (Wildman–Crippen LogP) is 3.70. The summed E-state index contributed by atoms with van der Waals surface area (Å²) in [6, 6.07) is 5.95. The van der Waals surface area contributed by atoms with Crippen molar-refractivity contribution >= 4 is 17.2 Å². The molecule has 9 heteroatoms. The molecule has 8 nitrogen and oxygen atoms in total. The Labute approximate surface area is 179 Å². The molecule has 4 rings (SSSR count). The number of rotatable bonds is 8. The van der Waals surface area contributed by atoms with E-state index < -0.39 is 6.10 Å². The van der Waals surface area contributed by atoms with Gasteiger partial charge in [-0.2, -0.15) is 4.98 Å². The number of hydrogen-bond donors (Lipinski definition) is 2. The second kappa shape index (κ2) is 8.85. The summed E-state index contributed by atoms with van der Waals surface area (Å²) in [5.41, 5.74) is 2.31. The Morgan fingerprint density at radius 2 is 2.17 bits per heavy atom. The Bertz CT molecular complexity index is 1030. The molecule has 3 aromatic rings. The lowest BCUT2D eigenvalue weighted by molar-refractivity contribution is 0.198. The van der Waals surface area contributed by atoms with Crippen LogP contribution in [0.1, 0.15) is 52.5 Å². The lowest BCUT2D eigenvalue weighted by Crippen LogP contribution is -2.03. The molecular formula is C21H24N6O2S. The first-order chi connectivity index (χ1) is 14.5. The van der Waals surface area contributed by atoms with E-state index in [1.165, 1.54) is 16.9 Å². The third-order valence-corrected chi connectivity index (χ3v) is 5.84. The summed E-state index contributed by atoms with van der Waals surface area (Å²) in [6.45, 7) is 5.99. The van der Waals surface area contributed by atoms with E-state index in [9.17, 15) is 5.11 Å². The third-order valence-electron chi connectivity index (χ3n) is 4.74. The van der Waals surface area contributed by atoms with Gasteiger partial charge in [0.15, 0.2) is 0 Å². The van der Waals surface area contributed by atoms with Crippen LogP contribution >= 0.6 is 11.3 Å². The molecule has 0 radical (unpaired) electrons. The molecule has 1 aliphatic carbocycles. The zero-order valence-corrected chi connectivity index (χ0v) is 17.9. The Kier molecular flexibility index (Phi) is 6.01. The summed E-state index contributed by atoms with van der Waals surface area (Å²) < 4.78 is 5.72. The highest BCUT2D eigenvalue weighted by Gasteiger charge is 2.37. The van der Waals surface area contributed by atoms with E-state index in [-0.39, 0.29) is 0 Å². The van der Waals surface area contributed by atoms with Crippen LogP contribution in [-0.4, -0.2) is 30.3 Å². The summed E-state index contributed by atoms with van der Waals surface area (Å²) in [5.74, 6) is 2.65. The van der Waals surface area contributed by atoms with Gasteiger partial charge >= 0.3 is 0 Å². The van der Waals surface area contributed by atoms with Crippen LogP contribution in [0.3, 0.4) is 0 Å². The highest BCUT2D eigenvalue weighted by atomic mass is 32.1. The van der Waals surface area contributed by atoms with Gasteiger partial charge in [-0.25, -0.2) is 4.98 Å². The first-order valence-corrected chi connectivity index (χ1v) is 10.7. The van der Waals surface area contributed by atoms with E-state index in [1.54, 1.807) is 19.3 Å². The van der Waals surface area contributed by atoms with Crippen LogP contribution in [0.2, 0.25) is 0 Å². The topological polar surface area (TPSA) is 106 Å². The van der Waals surface area contributed by atoms with Gasteiger partial charge in [0, 0.05) is 23.9 Å². The van der Waals surface area contributed by atoms with Gasteiger partial charge in [-0.3, -0.25) is 4.98 Å². The molecule has 0 aromatic carbocycles. The van der Waals surface area contributed by atoms with Crippen molar-refractivity contribution in [3.8, 4) is 5.88 Å². The number of aliphatic hydroxyl groups is 1. The fourth-order valence-electron chi connectivity index (χ4n) is 3.04. The number of allylic oxidation sites excluding steroid dienone is 1. The number of pyridine rings is 1. The fourth-order valence-corrected chi connectivity index (χ4v) is 3.76. The molecule has 3 heterocycles. The largest absolute Gasteiger partial charge is 0.447 e. The summed E-state index contributed by atoms with van der Waals surface area (Å²) in [5, 5.41) is 22.2. The lowest BCUT2D eigenvalue weighted by atomic mass is 10.2. The maximum atomic E-state index is 9.55. The zero-order chi connectivity index (χ0) is 21.1. The van der Waals surface area contributed by atoms with E-state index in [0.29, 0.717) is 40.9 Å². The molecular weight excluding hydrogens is 400 g/mol. The van der Waals surface area contributed by atoms with Crippen molar-refractivity contribution in [1.29, 1.82) is 0 Å². The number of aryl methyl sites for hydroxylation is 2. The Morgan fingerprint density at radius 3 is 2.90 bits per heavy atom. The van der Waals surface area contributed by atoms with Crippen LogP contribution in [-0.2, 0) is 6.54 Å². The van der Waals surface area contributed by atoms with Crippen molar-refractivity contribution in [3.63, 3.8) is 0 Å². The van der Waals surface area contributed by atoms with Crippen LogP contribution < -0.4 is 10.1 Å². The molecule has 0 amide bonds. The molecule has 156 valence electrons. The van der Waals surface area contributed by atoms with Crippen molar-refractivity contribution in [2.75, 3.05) is 5.32 Å². The van der Waals surface area contributed by atoms with E-state index in [0.717, 1.165) is 17.1 Å². The summed E-state index contributed by atoms with van der Waals surface area (Å²) in [6.07, 6.45) is 6.15. The standard InChI is InChI=1S/C21H24N6O2S/c1-12-4-5-17(22-10-12)16-8-15(16)6-7-29-19-9-18(24-14(3)25-19)23-11-20-26-27-21(30-20)13(2)28/h4-7,9-10,13,15-16,28H,8,11H2,1-3H3,(H,23,24,25). The van der Waals surface area contributed by atoms with Crippen LogP contribution in [0.4, 0.5) is 5.82 Å². The van der Waals surface area contributed by atoms with E-state index >= 15 is 0 Å². The van der Waals surface area contributed by atoms with Crippen molar-refractivity contribution in [1.82, 2.24) is 25.1 Å². The number of aliphatic hydroxyl groups excluding tert-OH is 1. The Balaban J connectivity index is 1.32. The zero-order valence-electron chi connectivity index (χ0n) is 17.1. The fraction of sp³-hybridized carbons (Fsp3) is 0.381. The average molecular weight is 425 g/mol. The van der Waals surface area contributed by atoms with Gasteiger partial charge in [0.05, 0.1) is 12.8 Å². The van der Waals surface area contributed by atoms with Gasteiger partial charge in [-0.1, -0.05) is 17.4 Å². The molecule has 3 unspecified atom stereocenters. The molecule has 3 atom stereocenters. The van der Waals surface area contributed by atoms with Crippen molar-refractivity contribution < 1.29 is 9.84 Å². The summed E-state index contributed by atoms with van der Waals surface area (Å²) in [7, 11) is 0. The number of ether oxygens (including phenoxy) is 1. The predicted molar refractivity (Wildman–Crippen MR) is 114 cm³/mol. The van der Waals surface area contributed by atoms with Crippen molar-refractivity contribution in [3.05, 3.63) is 63.8 Å². The molecule has 1 saturated carbocycles. The van der Waals surface area contributed by atoms with Gasteiger partial charge in [-0.15, -0.1) is 10.2 Å². The molecule has 0 bridgehead atoms. The highest BCUT2D eigenvalue weighted by molar-refractivity contribution is 7.11. The highest BCUT2D eigenvalue weighted by Crippen LogP contribution is 2.47. The molecule has 1 aliphatic rings. The van der Waals surface area contributed by atoms with Crippen LogP contribution in [0.25, 0.3) is 0 Å². The molecule has 0 saturated heterocycles. The maximum Gasteiger partial charge on any atom is 0.223 e. The van der Waals surface area contributed by atoms with Crippen LogP contribution in [0.15, 0.2) is 36.7 Å². The molecule has 2 N–H and O–H groups in total. The quantitative estimate of drug-likeness (QED) is 0.527. The third kappa shape index (κ3) is 5.17. The number of aromatic nitrogens is 5. The van der Waals surface area contributed by atoms with Crippen LogP contribution in [0.5, 0.6) is 5.88 Å². The molecule has 0 aliphatic heterocycles.